The largest absolute Gasteiger partial charge is 0.397 e. The molecule has 0 unspecified atom stereocenters. The van der Waals surface area contributed by atoms with Gasteiger partial charge in [-0.2, -0.15) is 0 Å². The Morgan fingerprint density at radius 3 is 3.05 bits per heavy atom. The molecule has 0 bridgehead atoms. The Hall–Kier alpha value is -2.01. The number of nitrogens with zero attached hydrogens (tertiary/aromatic N) is 2. The quantitative estimate of drug-likeness (QED) is 0.903. The van der Waals surface area contributed by atoms with Crippen molar-refractivity contribution < 1.29 is 4.79 Å². The fraction of sp³-hybridized carbons (Fsp3) is 0.231. The number of nitrogens with two attached hydrogens (primary N) is 1. The maximum absolute atomic E-state index is 12.2. The van der Waals surface area contributed by atoms with E-state index < -0.39 is 0 Å². The number of pyridine rings is 1. The maximum atomic E-state index is 12.2. The Morgan fingerprint density at radius 2 is 2.37 bits per heavy atom. The summed E-state index contributed by atoms with van der Waals surface area (Å²) in [7, 11) is 0. The number of anilines is 2. The number of nitrogens with one attached hydrogen (secondary N) is 1. The lowest BCUT2D eigenvalue weighted by molar-refractivity contribution is 0.101. The summed E-state index contributed by atoms with van der Waals surface area (Å²) in [6, 6.07) is 5.02. The third-order valence-electron chi connectivity index (χ3n) is 2.61. The van der Waals surface area contributed by atoms with Gasteiger partial charge < -0.3 is 15.6 Å². The summed E-state index contributed by atoms with van der Waals surface area (Å²) in [4.78, 5) is 16.2. The van der Waals surface area contributed by atoms with Crippen LogP contribution in [0.3, 0.4) is 0 Å². The molecule has 0 aliphatic rings. The highest BCUT2D eigenvalue weighted by molar-refractivity contribution is 6.33. The van der Waals surface area contributed by atoms with Crippen molar-refractivity contribution in [2.45, 2.75) is 19.9 Å². The van der Waals surface area contributed by atoms with Crippen LogP contribution in [0.25, 0.3) is 0 Å². The average molecular weight is 279 g/mol. The van der Waals surface area contributed by atoms with Gasteiger partial charge in [-0.1, -0.05) is 18.5 Å². The predicted molar refractivity (Wildman–Crippen MR) is 76.3 cm³/mol. The molecule has 6 heteroatoms. The molecule has 0 saturated heterocycles. The van der Waals surface area contributed by atoms with Crippen LogP contribution >= 0.6 is 11.6 Å². The number of aryl methyl sites for hydroxylation is 1. The van der Waals surface area contributed by atoms with Gasteiger partial charge >= 0.3 is 0 Å². The molecule has 1 amide bonds. The molecule has 2 aromatic heterocycles. The van der Waals surface area contributed by atoms with Gasteiger partial charge in [0.2, 0.25) is 0 Å². The number of nitrogen functional groups attached to an aromatic ring is 1. The molecule has 0 aliphatic heterocycles. The third-order valence-corrected chi connectivity index (χ3v) is 2.91. The molecule has 0 saturated carbocycles. The second-order valence-electron chi connectivity index (χ2n) is 4.14. The molecule has 0 atom stereocenters. The first kappa shape index (κ1) is 13.4. The van der Waals surface area contributed by atoms with E-state index in [1.165, 1.54) is 0 Å². The Bertz CT molecular complexity index is 594. The average Bonchev–Trinajstić information content (AvgIpc) is 2.74. The predicted octanol–water partition coefficient (Wildman–Crippen LogP) is 2.78. The molecule has 0 fully saturated rings. The normalized spacial score (nSPS) is 10.4. The van der Waals surface area contributed by atoms with Crippen molar-refractivity contribution in [1.29, 1.82) is 0 Å². The Kier molecular flexibility index (Phi) is 4.06. The summed E-state index contributed by atoms with van der Waals surface area (Å²) >= 11 is 5.95. The molecule has 0 aromatic carbocycles. The van der Waals surface area contributed by atoms with Crippen LogP contribution in [0, 0.1) is 0 Å². The fourth-order valence-corrected chi connectivity index (χ4v) is 1.97. The molecular weight excluding hydrogens is 264 g/mol. The minimum absolute atomic E-state index is 0.272. The lowest BCUT2D eigenvalue weighted by Gasteiger charge is -2.08. The van der Waals surface area contributed by atoms with Crippen LogP contribution in [0.1, 0.15) is 23.8 Å². The lowest BCUT2D eigenvalue weighted by atomic mass is 10.3. The number of hydrogen-bond acceptors (Lipinski definition) is 3. The van der Waals surface area contributed by atoms with Crippen molar-refractivity contribution in [3.63, 3.8) is 0 Å². The number of rotatable bonds is 4. The fourth-order valence-electron chi connectivity index (χ4n) is 1.80. The van der Waals surface area contributed by atoms with Gasteiger partial charge in [-0.25, -0.2) is 4.98 Å². The van der Waals surface area contributed by atoms with Crippen molar-refractivity contribution in [3.8, 4) is 0 Å². The number of halogens is 1. The van der Waals surface area contributed by atoms with E-state index in [1.54, 1.807) is 30.6 Å². The zero-order valence-electron chi connectivity index (χ0n) is 10.6. The van der Waals surface area contributed by atoms with E-state index in [-0.39, 0.29) is 5.91 Å². The van der Waals surface area contributed by atoms with E-state index in [2.05, 4.69) is 10.3 Å². The number of amides is 1. The van der Waals surface area contributed by atoms with Gasteiger partial charge in [-0.05, 0) is 24.6 Å². The standard InChI is InChI=1S/C13H15ClN4O/c1-2-6-18-8-9(15)7-11(18)13(19)17-12-10(14)4-3-5-16-12/h3-5,7-8H,2,6,15H2,1H3,(H,16,17,19). The van der Waals surface area contributed by atoms with Gasteiger partial charge in [-0.3, -0.25) is 4.79 Å². The summed E-state index contributed by atoms with van der Waals surface area (Å²) in [5.41, 5.74) is 6.79. The summed E-state index contributed by atoms with van der Waals surface area (Å²) in [6.07, 6.45) is 4.23. The number of aromatic nitrogens is 2. The van der Waals surface area contributed by atoms with Crippen molar-refractivity contribution in [2.24, 2.45) is 0 Å². The second-order valence-corrected chi connectivity index (χ2v) is 4.55. The van der Waals surface area contributed by atoms with Gasteiger partial charge in [0.25, 0.3) is 5.91 Å². The van der Waals surface area contributed by atoms with Crippen molar-refractivity contribution in [1.82, 2.24) is 9.55 Å². The van der Waals surface area contributed by atoms with Crippen LogP contribution in [0.5, 0.6) is 0 Å². The first-order valence-corrected chi connectivity index (χ1v) is 6.37. The molecule has 0 spiro atoms. The van der Waals surface area contributed by atoms with Gasteiger partial charge in [0.05, 0.1) is 10.7 Å². The number of carbonyl (C=O) groups is 1. The zero-order chi connectivity index (χ0) is 13.8. The molecule has 2 rings (SSSR count). The van der Waals surface area contributed by atoms with E-state index in [0.29, 0.717) is 22.2 Å². The maximum Gasteiger partial charge on any atom is 0.273 e. The van der Waals surface area contributed by atoms with Crippen LogP contribution in [-0.4, -0.2) is 15.5 Å². The second kappa shape index (κ2) is 5.75. The molecule has 5 nitrogen and oxygen atoms in total. The first-order valence-electron chi connectivity index (χ1n) is 5.99. The van der Waals surface area contributed by atoms with Gasteiger partial charge in [0.1, 0.15) is 5.69 Å². The van der Waals surface area contributed by atoms with Crippen molar-refractivity contribution in [3.05, 3.63) is 41.3 Å². The van der Waals surface area contributed by atoms with Gasteiger partial charge in [0.15, 0.2) is 5.82 Å². The zero-order valence-corrected chi connectivity index (χ0v) is 11.3. The van der Waals surface area contributed by atoms with E-state index in [4.69, 9.17) is 17.3 Å². The highest BCUT2D eigenvalue weighted by Gasteiger charge is 2.14. The van der Waals surface area contributed by atoms with E-state index in [9.17, 15) is 4.79 Å². The molecular formula is C13H15ClN4O. The SMILES string of the molecule is CCCn1cc(N)cc1C(=O)Nc1ncccc1Cl. The van der Waals surface area contributed by atoms with Crippen molar-refractivity contribution in [2.75, 3.05) is 11.1 Å². The lowest BCUT2D eigenvalue weighted by Crippen LogP contribution is -2.17. The van der Waals surface area contributed by atoms with Crippen LogP contribution in [0.15, 0.2) is 30.6 Å². The molecule has 0 aliphatic carbocycles. The molecule has 19 heavy (non-hydrogen) atoms. The number of hydrogen-bond donors (Lipinski definition) is 2. The highest BCUT2D eigenvalue weighted by Crippen LogP contribution is 2.19. The summed E-state index contributed by atoms with van der Waals surface area (Å²) in [5, 5.41) is 3.08. The topological polar surface area (TPSA) is 72.9 Å². The smallest absolute Gasteiger partial charge is 0.273 e. The number of carbonyl (C=O) groups excluding carboxylic acids is 1. The summed E-state index contributed by atoms with van der Waals surface area (Å²) in [5.74, 6) is 0.0720. The Balaban J connectivity index is 2.23. The van der Waals surface area contributed by atoms with E-state index >= 15 is 0 Å². The monoisotopic (exact) mass is 278 g/mol. The van der Waals surface area contributed by atoms with Gasteiger partial charge in [-0.15, -0.1) is 0 Å². The molecule has 3 N–H and O–H groups in total. The van der Waals surface area contributed by atoms with Gasteiger partial charge in [0, 0.05) is 18.9 Å². The van der Waals surface area contributed by atoms with Crippen LogP contribution in [0.4, 0.5) is 11.5 Å². The first-order chi connectivity index (χ1) is 9.11. The van der Waals surface area contributed by atoms with E-state index in [1.807, 2.05) is 11.5 Å². The minimum Gasteiger partial charge on any atom is -0.397 e. The Labute approximate surface area is 116 Å². The highest BCUT2D eigenvalue weighted by atomic mass is 35.5. The van der Waals surface area contributed by atoms with Crippen LogP contribution in [-0.2, 0) is 6.54 Å². The molecule has 2 heterocycles. The Morgan fingerprint density at radius 1 is 1.58 bits per heavy atom. The molecule has 2 aromatic rings. The molecule has 0 radical (unpaired) electrons. The summed E-state index contributed by atoms with van der Waals surface area (Å²) < 4.78 is 1.82. The minimum atomic E-state index is -0.272. The third kappa shape index (κ3) is 3.06. The van der Waals surface area contributed by atoms with Crippen LogP contribution in [0.2, 0.25) is 5.02 Å². The molecule has 100 valence electrons. The van der Waals surface area contributed by atoms with E-state index in [0.717, 1.165) is 13.0 Å². The van der Waals surface area contributed by atoms with Crippen molar-refractivity contribution >= 4 is 29.0 Å². The van der Waals surface area contributed by atoms with Crippen LogP contribution < -0.4 is 11.1 Å². The summed E-state index contributed by atoms with van der Waals surface area (Å²) in [6.45, 7) is 2.77.